The normalized spacial score (nSPS) is 32.4. The first-order valence-corrected chi connectivity index (χ1v) is 6.39. The van der Waals surface area contributed by atoms with Crippen LogP contribution in [0.5, 0.6) is 0 Å². The maximum Gasteiger partial charge on any atom is 0.232 e. The maximum absolute atomic E-state index is 9.68. The Morgan fingerprint density at radius 1 is 1.39 bits per heavy atom. The number of hydrogen-bond donors (Lipinski definition) is 2. The van der Waals surface area contributed by atoms with E-state index in [9.17, 15) is 5.11 Å². The lowest BCUT2D eigenvalue weighted by molar-refractivity contribution is 0.0982. The summed E-state index contributed by atoms with van der Waals surface area (Å²) in [7, 11) is 0. The summed E-state index contributed by atoms with van der Waals surface area (Å²) in [5.41, 5.74) is 0.784. The summed E-state index contributed by atoms with van der Waals surface area (Å²) in [6.45, 7) is 0.594. The average molecular weight is 245 g/mol. The first-order valence-electron chi connectivity index (χ1n) is 6.39. The van der Waals surface area contributed by atoms with Crippen LogP contribution in [0.3, 0.4) is 0 Å². The molecule has 0 atom stereocenters. The van der Waals surface area contributed by atoms with Crippen molar-refractivity contribution in [3.63, 3.8) is 0 Å². The molecule has 0 amide bonds. The zero-order valence-electron chi connectivity index (χ0n) is 10.0. The van der Waals surface area contributed by atoms with Crippen molar-refractivity contribution in [3.8, 4) is 0 Å². The summed E-state index contributed by atoms with van der Waals surface area (Å²) in [6.07, 6.45) is 7.15. The number of aliphatic hydroxyl groups is 1. The lowest BCUT2D eigenvalue weighted by Crippen LogP contribution is -2.39. The van der Waals surface area contributed by atoms with Crippen LogP contribution < -0.4 is 5.32 Å². The highest BCUT2D eigenvalue weighted by Crippen LogP contribution is 2.44. The Morgan fingerprint density at radius 2 is 2.22 bits per heavy atom. The van der Waals surface area contributed by atoms with Gasteiger partial charge in [0, 0.05) is 6.21 Å². The summed E-state index contributed by atoms with van der Waals surface area (Å²) in [4.78, 5) is 13.1. The van der Waals surface area contributed by atoms with Gasteiger partial charge in [-0.15, -0.1) is 0 Å². The Kier molecular flexibility index (Phi) is 1.94. The van der Waals surface area contributed by atoms with Crippen LogP contribution >= 0.6 is 0 Å². The van der Waals surface area contributed by atoms with Crippen molar-refractivity contribution < 1.29 is 5.11 Å². The molecule has 0 saturated heterocycles. The topological polar surface area (TPSA) is 74.8 Å². The van der Waals surface area contributed by atoms with Gasteiger partial charge in [0.15, 0.2) is 0 Å². The summed E-state index contributed by atoms with van der Waals surface area (Å²) >= 11 is 0. The first kappa shape index (κ1) is 10.3. The number of fused-ring (bicyclic) bond motifs is 4. The minimum atomic E-state index is -0.165. The third-order valence-electron chi connectivity index (χ3n) is 4.12. The monoisotopic (exact) mass is 245 g/mol. The second-order valence-corrected chi connectivity index (χ2v) is 5.22. The number of rotatable bonds is 0. The average Bonchev–Trinajstić information content (AvgIpc) is 2.92. The predicted octanol–water partition coefficient (Wildman–Crippen LogP) is 1.03. The number of aliphatic imine (C=N–C) groups is 2. The van der Waals surface area contributed by atoms with Gasteiger partial charge >= 0.3 is 0 Å². The lowest BCUT2D eigenvalue weighted by atomic mass is 9.81. The van der Waals surface area contributed by atoms with Gasteiger partial charge in [0.1, 0.15) is 18.2 Å². The molecular weight excluding hydrogens is 230 g/mol. The minimum Gasteiger partial charge on any atom is -0.393 e. The van der Waals surface area contributed by atoms with Gasteiger partial charge < -0.3 is 10.4 Å². The van der Waals surface area contributed by atoms with E-state index in [0.29, 0.717) is 6.67 Å². The molecule has 1 aliphatic carbocycles. The van der Waals surface area contributed by atoms with E-state index in [0.717, 1.165) is 43.1 Å². The Balaban J connectivity index is 1.82. The first-order chi connectivity index (χ1) is 8.78. The molecule has 1 aromatic heterocycles. The van der Waals surface area contributed by atoms with Crippen molar-refractivity contribution in [2.75, 3.05) is 12.0 Å². The molecule has 6 nitrogen and oxygen atoms in total. The predicted molar refractivity (Wildman–Crippen MR) is 68.9 cm³/mol. The highest BCUT2D eigenvalue weighted by atomic mass is 16.3. The van der Waals surface area contributed by atoms with Gasteiger partial charge in [0.25, 0.3) is 0 Å². The molecule has 0 unspecified atom stereocenters. The van der Waals surface area contributed by atoms with Crippen LogP contribution in [0.2, 0.25) is 0 Å². The van der Waals surface area contributed by atoms with Crippen LogP contribution in [0.4, 0.5) is 11.8 Å². The van der Waals surface area contributed by atoms with E-state index in [2.05, 4.69) is 24.9 Å². The molecule has 1 aromatic rings. The molecule has 3 aliphatic rings. The molecule has 2 aliphatic heterocycles. The van der Waals surface area contributed by atoms with Crippen molar-refractivity contribution in [1.29, 1.82) is 0 Å². The van der Waals surface area contributed by atoms with Gasteiger partial charge in [-0.1, -0.05) is 0 Å². The summed E-state index contributed by atoms with van der Waals surface area (Å²) in [5.74, 6) is 1.78. The van der Waals surface area contributed by atoms with E-state index in [1.165, 1.54) is 0 Å². The highest BCUT2D eigenvalue weighted by molar-refractivity contribution is 5.89. The van der Waals surface area contributed by atoms with Crippen LogP contribution in [-0.4, -0.2) is 39.9 Å². The zero-order chi connectivity index (χ0) is 12.2. The molecule has 0 radical (unpaired) electrons. The minimum absolute atomic E-state index is 0.0900. The van der Waals surface area contributed by atoms with Crippen molar-refractivity contribution in [3.05, 3.63) is 5.69 Å². The highest BCUT2D eigenvalue weighted by Gasteiger charge is 2.42. The number of nitrogens with one attached hydrogen (secondary N) is 1. The smallest absolute Gasteiger partial charge is 0.232 e. The molecule has 1 fully saturated rings. The number of hydrogen-bond acceptors (Lipinski definition) is 5. The van der Waals surface area contributed by atoms with Crippen molar-refractivity contribution in [2.24, 2.45) is 9.98 Å². The van der Waals surface area contributed by atoms with Crippen LogP contribution in [0.1, 0.15) is 31.4 Å². The Bertz CT molecular complexity index is 551. The van der Waals surface area contributed by atoms with Crippen molar-refractivity contribution in [1.82, 2.24) is 9.55 Å². The van der Waals surface area contributed by atoms with E-state index >= 15 is 0 Å². The van der Waals surface area contributed by atoms with Gasteiger partial charge in [0.2, 0.25) is 5.95 Å². The molecule has 1 saturated carbocycles. The van der Waals surface area contributed by atoms with Gasteiger partial charge in [-0.2, -0.15) is 0 Å². The van der Waals surface area contributed by atoms with Crippen LogP contribution in [0.25, 0.3) is 0 Å². The fourth-order valence-corrected chi connectivity index (χ4v) is 3.14. The molecule has 3 heterocycles. The number of anilines is 1. The Labute approximate surface area is 104 Å². The maximum atomic E-state index is 9.68. The molecule has 18 heavy (non-hydrogen) atoms. The molecule has 1 spiro atoms. The largest absolute Gasteiger partial charge is 0.393 e. The summed E-state index contributed by atoms with van der Waals surface area (Å²) in [6, 6.07) is 0. The van der Waals surface area contributed by atoms with Gasteiger partial charge in [-0.3, -0.25) is 9.56 Å². The lowest BCUT2D eigenvalue weighted by Gasteiger charge is -2.36. The second kappa shape index (κ2) is 3.41. The SMILES string of the molecule is OC1CCC2(C=Nc3nc4c(n32)NCN=C4)CC1. The van der Waals surface area contributed by atoms with Gasteiger partial charge in [-0.25, -0.2) is 9.98 Å². The van der Waals surface area contributed by atoms with Gasteiger partial charge in [0.05, 0.1) is 17.9 Å². The van der Waals surface area contributed by atoms with E-state index in [4.69, 9.17) is 0 Å². The van der Waals surface area contributed by atoms with Crippen molar-refractivity contribution in [2.45, 2.75) is 37.3 Å². The van der Waals surface area contributed by atoms with E-state index in [-0.39, 0.29) is 11.6 Å². The van der Waals surface area contributed by atoms with Crippen LogP contribution in [0, 0.1) is 0 Å². The number of imidazole rings is 1. The fourth-order valence-electron chi connectivity index (χ4n) is 3.14. The molecule has 0 bridgehead atoms. The van der Waals surface area contributed by atoms with Gasteiger partial charge in [-0.05, 0) is 25.7 Å². The fraction of sp³-hybridized carbons (Fsp3) is 0.583. The van der Waals surface area contributed by atoms with Crippen LogP contribution in [-0.2, 0) is 5.54 Å². The molecule has 94 valence electrons. The van der Waals surface area contributed by atoms with E-state index < -0.39 is 0 Å². The summed E-state index contributed by atoms with van der Waals surface area (Å²) in [5, 5.41) is 13.0. The molecular formula is C12H15N5O. The van der Waals surface area contributed by atoms with Crippen molar-refractivity contribution >= 4 is 24.2 Å². The van der Waals surface area contributed by atoms with Crippen LogP contribution in [0.15, 0.2) is 9.98 Å². The summed E-state index contributed by atoms with van der Waals surface area (Å²) < 4.78 is 2.19. The molecule has 0 aromatic carbocycles. The number of nitrogens with zero attached hydrogens (tertiary/aromatic N) is 4. The standard InChI is InChI=1S/C12H15N5O/c18-8-1-3-12(4-2-8)6-14-11-16-9-5-13-7-15-10(9)17(11)12/h5-6,8,15,18H,1-4,7H2. The number of aliphatic hydroxyl groups excluding tert-OH is 1. The molecule has 6 heteroatoms. The number of aromatic nitrogens is 2. The van der Waals surface area contributed by atoms with E-state index in [1.54, 1.807) is 6.21 Å². The quantitative estimate of drug-likeness (QED) is 0.717. The third-order valence-corrected chi connectivity index (χ3v) is 4.12. The molecule has 4 rings (SSSR count). The zero-order valence-corrected chi connectivity index (χ0v) is 10.0. The van der Waals surface area contributed by atoms with E-state index in [1.807, 2.05) is 6.21 Å². The Morgan fingerprint density at radius 3 is 3.06 bits per heavy atom. The Hall–Kier alpha value is -1.69. The molecule has 2 N–H and O–H groups in total. The third kappa shape index (κ3) is 1.23. The second-order valence-electron chi connectivity index (χ2n) is 5.22.